The minimum atomic E-state index is -3.45. The first-order valence-electron chi connectivity index (χ1n) is 4.52. The van der Waals surface area contributed by atoms with Crippen molar-refractivity contribution in [2.75, 3.05) is 0 Å². The molecule has 0 aliphatic heterocycles. The van der Waals surface area contributed by atoms with Crippen molar-refractivity contribution >= 4 is 21.4 Å². The smallest absolute Gasteiger partial charge is 0.198 e. The highest BCUT2D eigenvalue weighted by atomic mass is 35.5. The molecule has 2 nitrogen and oxygen atoms in total. The lowest BCUT2D eigenvalue weighted by molar-refractivity contribution is 0.596. The summed E-state index contributed by atoms with van der Waals surface area (Å²) in [5.74, 6) is 0. The number of rotatable bonds is 3. The van der Waals surface area contributed by atoms with Gasteiger partial charge in [0.15, 0.2) is 14.5 Å². The van der Waals surface area contributed by atoms with E-state index in [1.807, 2.05) is 13.8 Å². The molecule has 0 radical (unpaired) electrons. The van der Waals surface area contributed by atoms with Gasteiger partial charge in [-0.15, -0.1) is 11.6 Å². The maximum atomic E-state index is 11.9. The van der Waals surface area contributed by atoms with Gasteiger partial charge in [0, 0.05) is 0 Å². The summed E-state index contributed by atoms with van der Waals surface area (Å²) in [6.45, 7) is 3.63. The van der Waals surface area contributed by atoms with Crippen LogP contribution in [0.15, 0.2) is 46.9 Å². The van der Waals surface area contributed by atoms with E-state index in [0.717, 1.165) is 5.57 Å². The fraction of sp³-hybridized carbons (Fsp3) is 0.273. The molecule has 1 atom stereocenters. The van der Waals surface area contributed by atoms with Gasteiger partial charge in [-0.1, -0.05) is 29.8 Å². The zero-order valence-electron chi connectivity index (χ0n) is 8.64. The molecular formula is C11H13ClO2S. The maximum absolute atomic E-state index is 11.9. The molecule has 0 spiro atoms. The molecule has 1 aromatic rings. The third kappa shape index (κ3) is 3.08. The normalized spacial score (nSPS) is 13.3. The van der Waals surface area contributed by atoms with Crippen molar-refractivity contribution < 1.29 is 8.42 Å². The second-order valence-electron chi connectivity index (χ2n) is 3.45. The van der Waals surface area contributed by atoms with Crippen LogP contribution in [0.3, 0.4) is 0 Å². The molecule has 1 aromatic carbocycles. The molecule has 0 heterocycles. The molecular weight excluding hydrogens is 232 g/mol. The van der Waals surface area contributed by atoms with Gasteiger partial charge in [0.1, 0.15) is 0 Å². The summed E-state index contributed by atoms with van der Waals surface area (Å²) in [5, 5.41) is 0. The molecule has 0 aromatic heterocycles. The second kappa shape index (κ2) is 4.81. The summed E-state index contributed by atoms with van der Waals surface area (Å²) in [5.41, 5.74) is 0.884. The number of halogens is 1. The van der Waals surface area contributed by atoms with Crippen molar-refractivity contribution in [3.63, 3.8) is 0 Å². The standard InChI is InChI=1S/C11H13ClO2S/c1-9(2)8-11(12)15(13,14)10-6-4-3-5-7-10/h3-8,11H,1-2H3. The average Bonchev–Trinajstić information content (AvgIpc) is 2.18. The number of allylic oxidation sites excluding steroid dienone is 1. The van der Waals surface area contributed by atoms with E-state index in [4.69, 9.17) is 11.6 Å². The highest BCUT2D eigenvalue weighted by Crippen LogP contribution is 2.20. The van der Waals surface area contributed by atoms with Crippen molar-refractivity contribution in [3.8, 4) is 0 Å². The van der Waals surface area contributed by atoms with Gasteiger partial charge in [0.2, 0.25) is 0 Å². The number of alkyl halides is 1. The number of hydrogen-bond acceptors (Lipinski definition) is 2. The Balaban J connectivity index is 3.10. The Hall–Kier alpha value is -0.800. The number of sulfone groups is 1. The van der Waals surface area contributed by atoms with Gasteiger partial charge in [-0.25, -0.2) is 8.42 Å². The van der Waals surface area contributed by atoms with E-state index < -0.39 is 14.5 Å². The van der Waals surface area contributed by atoms with Crippen molar-refractivity contribution in [3.05, 3.63) is 42.0 Å². The monoisotopic (exact) mass is 244 g/mol. The summed E-state index contributed by atoms with van der Waals surface area (Å²) in [4.78, 5) is 0.252. The largest absolute Gasteiger partial charge is 0.222 e. The highest BCUT2D eigenvalue weighted by molar-refractivity contribution is 7.93. The molecule has 0 saturated heterocycles. The van der Waals surface area contributed by atoms with Crippen molar-refractivity contribution in [1.82, 2.24) is 0 Å². The molecule has 4 heteroatoms. The van der Waals surface area contributed by atoms with Crippen LogP contribution < -0.4 is 0 Å². The summed E-state index contributed by atoms with van der Waals surface area (Å²) in [6.07, 6.45) is 1.53. The maximum Gasteiger partial charge on any atom is 0.198 e. The molecule has 1 unspecified atom stereocenters. The Labute approximate surface area is 95.5 Å². The summed E-state index contributed by atoms with van der Waals surface area (Å²) >= 11 is 5.84. The average molecular weight is 245 g/mol. The number of benzene rings is 1. The number of hydrogen-bond donors (Lipinski definition) is 0. The van der Waals surface area contributed by atoms with Gasteiger partial charge >= 0.3 is 0 Å². The van der Waals surface area contributed by atoms with Crippen LogP contribution in [0.25, 0.3) is 0 Å². The molecule has 1 rings (SSSR count). The van der Waals surface area contributed by atoms with Crippen molar-refractivity contribution in [1.29, 1.82) is 0 Å². The molecule has 0 amide bonds. The Morgan fingerprint density at radius 3 is 2.27 bits per heavy atom. The summed E-state index contributed by atoms with van der Waals surface area (Å²) < 4.78 is 22.8. The molecule has 82 valence electrons. The van der Waals surface area contributed by atoms with Crippen LogP contribution in [0, 0.1) is 0 Å². The van der Waals surface area contributed by atoms with Crippen LogP contribution in [0.4, 0.5) is 0 Å². The van der Waals surface area contributed by atoms with Crippen LogP contribution >= 0.6 is 11.6 Å². The van der Waals surface area contributed by atoms with Gasteiger partial charge in [-0.3, -0.25) is 0 Å². The molecule has 0 fully saturated rings. The SMILES string of the molecule is CC(C)=CC(Cl)S(=O)(=O)c1ccccc1. The zero-order valence-corrected chi connectivity index (χ0v) is 10.2. The molecule has 0 aliphatic rings. The fourth-order valence-electron chi connectivity index (χ4n) is 1.09. The van der Waals surface area contributed by atoms with Crippen LogP contribution in [-0.4, -0.2) is 13.1 Å². The van der Waals surface area contributed by atoms with Crippen molar-refractivity contribution in [2.24, 2.45) is 0 Å². The predicted molar refractivity (Wildman–Crippen MR) is 62.7 cm³/mol. The van der Waals surface area contributed by atoms with Crippen molar-refractivity contribution in [2.45, 2.75) is 23.5 Å². The molecule has 0 bridgehead atoms. The Bertz CT molecular complexity index is 445. The Morgan fingerprint density at radius 1 is 1.27 bits per heavy atom. The quantitative estimate of drug-likeness (QED) is 0.605. The fourth-order valence-corrected chi connectivity index (χ4v) is 2.90. The molecule has 15 heavy (non-hydrogen) atoms. The highest BCUT2D eigenvalue weighted by Gasteiger charge is 2.22. The molecule has 0 saturated carbocycles. The molecule has 0 aliphatic carbocycles. The Morgan fingerprint density at radius 2 is 1.80 bits per heavy atom. The van der Waals surface area contributed by atoms with Gasteiger partial charge in [-0.05, 0) is 26.0 Å². The first-order chi connectivity index (χ1) is 6.94. The Kier molecular flexibility index (Phi) is 3.94. The molecule has 0 N–H and O–H groups in total. The third-order valence-electron chi connectivity index (χ3n) is 1.83. The van der Waals surface area contributed by atoms with E-state index >= 15 is 0 Å². The van der Waals surface area contributed by atoms with Gasteiger partial charge in [0.05, 0.1) is 4.90 Å². The van der Waals surface area contributed by atoms with E-state index in [-0.39, 0.29) is 4.90 Å². The predicted octanol–water partition coefficient (Wildman–Crippen LogP) is 2.99. The lowest BCUT2D eigenvalue weighted by atomic mass is 10.3. The van der Waals surface area contributed by atoms with Gasteiger partial charge in [-0.2, -0.15) is 0 Å². The lowest BCUT2D eigenvalue weighted by Crippen LogP contribution is -2.13. The van der Waals surface area contributed by atoms with E-state index in [1.54, 1.807) is 30.3 Å². The topological polar surface area (TPSA) is 34.1 Å². The van der Waals surface area contributed by atoms with Crippen LogP contribution in [0.1, 0.15) is 13.8 Å². The van der Waals surface area contributed by atoms with E-state index in [2.05, 4.69) is 0 Å². The van der Waals surface area contributed by atoms with Gasteiger partial charge < -0.3 is 0 Å². The minimum absolute atomic E-state index is 0.252. The van der Waals surface area contributed by atoms with Crippen LogP contribution in [0.5, 0.6) is 0 Å². The van der Waals surface area contributed by atoms with Crippen LogP contribution in [-0.2, 0) is 9.84 Å². The first-order valence-corrected chi connectivity index (χ1v) is 6.51. The van der Waals surface area contributed by atoms with Crippen LogP contribution in [0.2, 0.25) is 0 Å². The second-order valence-corrected chi connectivity index (χ2v) is 6.25. The first kappa shape index (κ1) is 12.3. The van der Waals surface area contributed by atoms with Gasteiger partial charge in [0.25, 0.3) is 0 Å². The minimum Gasteiger partial charge on any atom is -0.222 e. The van der Waals surface area contributed by atoms with E-state index in [1.165, 1.54) is 6.08 Å². The summed E-state index contributed by atoms with van der Waals surface area (Å²) in [6, 6.07) is 8.22. The third-order valence-corrected chi connectivity index (χ3v) is 4.32. The van der Waals surface area contributed by atoms with E-state index in [9.17, 15) is 8.42 Å². The van der Waals surface area contributed by atoms with E-state index in [0.29, 0.717) is 0 Å². The zero-order chi connectivity index (χ0) is 11.5. The summed E-state index contributed by atoms with van der Waals surface area (Å²) in [7, 11) is -3.45. The lowest BCUT2D eigenvalue weighted by Gasteiger charge is -2.07.